The van der Waals surface area contributed by atoms with Crippen molar-refractivity contribution in [3.63, 3.8) is 0 Å². The average molecular weight is 384 g/mol. The molecule has 0 aliphatic heterocycles. The SMILES string of the molecule is CCN(CC)CCNc1nc2c(c(=O)[nH]c(=O)n2C)n1Cc1ccccc1C. The molecular formula is C20H28N6O2. The predicted molar refractivity (Wildman–Crippen MR) is 112 cm³/mol. The van der Waals surface area contributed by atoms with Crippen LogP contribution in [-0.4, -0.2) is 50.2 Å². The standard InChI is InChI=1S/C20H28N6O2/c1-5-25(6-2)12-11-21-19-22-17-16(18(27)23-20(28)24(17)4)26(19)13-15-10-8-7-9-14(15)3/h7-10H,5-6,11-13H2,1-4H3,(H,21,22)(H,23,27,28). The summed E-state index contributed by atoms with van der Waals surface area (Å²) in [6.07, 6.45) is 0. The first-order chi connectivity index (χ1) is 13.5. The molecule has 2 N–H and O–H groups in total. The first kappa shape index (κ1) is 19.9. The molecule has 0 amide bonds. The third kappa shape index (κ3) is 3.87. The molecule has 150 valence electrons. The summed E-state index contributed by atoms with van der Waals surface area (Å²) in [5.74, 6) is 0.595. The van der Waals surface area contributed by atoms with Crippen LogP contribution >= 0.6 is 0 Å². The van der Waals surface area contributed by atoms with E-state index < -0.39 is 11.2 Å². The van der Waals surface area contributed by atoms with Gasteiger partial charge in [0.1, 0.15) is 0 Å². The van der Waals surface area contributed by atoms with Crippen LogP contribution in [0.3, 0.4) is 0 Å². The monoisotopic (exact) mass is 384 g/mol. The highest BCUT2D eigenvalue weighted by Crippen LogP contribution is 2.19. The molecule has 0 fully saturated rings. The molecule has 28 heavy (non-hydrogen) atoms. The van der Waals surface area contributed by atoms with Gasteiger partial charge in [-0.3, -0.25) is 18.9 Å². The third-order valence-corrected chi connectivity index (χ3v) is 5.20. The zero-order valence-electron chi connectivity index (χ0n) is 17.0. The molecule has 8 nitrogen and oxygen atoms in total. The van der Waals surface area contributed by atoms with Crippen LogP contribution in [0.4, 0.5) is 5.95 Å². The molecule has 3 aromatic rings. The second-order valence-electron chi connectivity index (χ2n) is 6.89. The van der Waals surface area contributed by atoms with E-state index in [1.165, 1.54) is 4.57 Å². The van der Waals surface area contributed by atoms with Gasteiger partial charge >= 0.3 is 5.69 Å². The number of anilines is 1. The molecular weight excluding hydrogens is 356 g/mol. The number of aryl methyl sites for hydroxylation is 2. The van der Waals surface area contributed by atoms with E-state index in [1.54, 1.807) is 7.05 Å². The lowest BCUT2D eigenvalue weighted by Crippen LogP contribution is -2.30. The van der Waals surface area contributed by atoms with E-state index in [1.807, 2.05) is 35.8 Å². The lowest BCUT2D eigenvalue weighted by Gasteiger charge is -2.18. The molecule has 0 aliphatic rings. The number of benzene rings is 1. The maximum Gasteiger partial charge on any atom is 0.329 e. The Morgan fingerprint density at radius 1 is 1.18 bits per heavy atom. The van der Waals surface area contributed by atoms with Crippen LogP contribution in [0.15, 0.2) is 33.9 Å². The zero-order valence-corrected chi connectivity index (χ0v) is 17.0. The molecule has 0 saturated carbocycles. The van der Waals surface area contributed by atoms with Crippen molar-refractivity contribution < 1.29 is 0 Å². The van der Waals surface area contributed by atoms with Gasteiger partial charge in [-0.1, -0.05) is 38.1 Å². The van der Waals surface area contributed by atoms with E-state index in [-0.39, 0.29) is 0 Å². The van der Waals surface area contributed by atoms with Crippen molar-refractivity contribution in [1.29, 1.82) is 0 Å². The van der Waals surface area contributed by atoms with Gasteiger partial charge in [-0.15, -0.1) is 0 Å². The first-order valence-electron chi connectivity index (χ1n) is 9.66. The lowest BCUT2D eigenvalue weighted by molar-refractivity contribution is 0.315. The van der Waals surface area contributed by atoms with Crippen LogP contribution in [0, 0.1) is 6.92 Å². The number of likely N-dealkylation sites (N-methyl/N-ethyl adjacent to an activating group) is 1. The largest absolute Gasteiger partial charge is 0.354 e. The molecule has 2 heterocycles. The summed E-state index contributed by atoms with van der Waals surface area (Å²) in [6, 6.07) is 8.05. The van der Waals surface area contributed by atoms with Gasteiger partial charge in [-0.2, -0.15) is 4.98 Å². The van der Waals surface area contributed by atoms with E-state index in [0.29, 0.717) is 30.2 Å². The van der Waals surface area contributed by atoms with Crippen molar-refractivity contribution in [2.24, 2.45) is 7.05 Å². The van der Waals surface area contributed by atoms with Gasteiger partial charge in [0.2, 0.25) is 5.95 Å². The van der Waals surface area contributed by atoms with Gasteiger partial charge < -0.3 is 10.2 Å². The highest BCUT2D eigenvalue weighted by molar-refractivity contribution is 5.74. The molecule has 1 aromatic carbocycles. The smallest absolute Gasteiger partial charge is 0.329 e. The molecule has 0 atom stereocenters. The molecule has 0 bridgehead atoms. The topological polar surface area (TPSA) is 88.0 Å². The number of aromatic nitrogens is 4. The molecule has 0 radical (unpaired) electrons. The van der Waals surface area contributed by atoms with Gasteiger partial charge in [0.15, 0.2) is 11.2 Å². The Morgan fingerprint density at radius 2 is 1.89 bits per heavy atom. The van der Waals surface area contributed by atoms with Crippen molar-refractivity contribution in [2.45, 2.75) is 27.3 Å². The Kier molecular flexibility index (Phi) is 5.99. The third-order valence-electron chi connectivity index (χ3n) is 5.20. The van der Waals surface area contributed by atoms with Crippen LogP contribution in [0.25, 0.3) is 11.2 Å². The Morgan fingerprint density at radius 3 is 2.57 bits per heavy atom. The number of fused-ring (bicyclic) bond motifs is 1. The van der Waals surface area contributed by atoms with E-state index in [2.05, 4.69) is 34.0 Å². The summed E-state index contributed by atoms with van der Waals surface area (Å²) in [5.41, 5.74) is 2.13. The minimum absolute atomic E-state index is 0.382. The first-order valence-corrected chi connectivity index (χ1v) is 9.66. The van der Waals surface area contributed by atoms with Crippen LogP contribution < -0.4 is 16.6 Å². The number of imidazole rings is 1. The fourth-order valence-electron chi connectivity index (χ4n) is 3.35. The summed E-state index contributed by atoms with van der Waals surface area (Å²) >= 11 is 0. The van der Waals surface area contributed by atoms with Gasteiger partial charge in [-0.05, 0) is 31.1 Å². The van der Waals surface area contributed by atoms with E-state index >= 15 is 0 Å². The number of hydrogen-bond donors (Lipinski definition) is 2. The summed E-state index contributed by atoms with van der Waals surface area (Å²) in [6.45, 7) is 10.3. The molecule has 0 spiro atoms. The fourth-order valence-corrected chi connectivity index (χ4v) is 3.35. The average Bonchev–Trinajstić information content (AvgIpc) is 3.04. The zero-order chi connectivity index (χ0) is 20.3. The summed E-state index contributed by atoms with van der Waals surface area (Å²) in [5, 5.41) is 3.36. The van der Waals surface area contributed by atoms with Crippen molar-refractivity contribution >= 4 is 17.1 Å². The van der Waals surface area contributed by atoms with E-state index in [9.17, 15) is 9.59 Å². The number of nitrogens with one attached hydrogen (secondary N) is 2. The number of aromatic amines is 1. The maximum atomic E-state index is 12.6. The quantitative estimate of drug-likeness (QED) is 0.615. The van der Waals surface area contributed by atoms with E-state index in [0.717, 1.165) is 30.8 Å². The van der Waals surface area contributed by atoms with Crippen molar-refractivity contribution in [2.75, 3.05) is 31.5 Å². The summed E-state index contributed by atoms with van der Waals surface area (Å²) in [7, 11) is 1.62. The number of nitrogens with zero attached hydrogens (tertiary/aromatic N) is 4. The van der Waals surface area contributed by atoms with Gasteiger partial charge in [0.25, 0.3) is 5.56 Å². The summed E-state index contributed by atoms with van der Waals surface area (Å²) in [4.78, 5) is 33.8. The Bertz CT molecular complexity index is 1070. The maximum absolute atomic E-state index is 12.6. The van der Waals surface area contributed by atoms with Gasteiger partial charge in [-0.25, -0.2) is 4.79 Å². The second-order valence-corrected chi connectivity index (χ2v) is 6.89. The predicted octanol–water partition coefficient (Wildman–Crippen LogP) is 1.53. The Balaban J connectivity index is 2.05. The summed E-state index contributed by atoms with van der Waals surface area (Å²) < 4.78 is 3.23. The highest BCUT2D eigenvalue weighted by Gasteiger charge is 2.18. The van der Waals surface area contributed by atoms with Crippen LogP contribution in [0.1, 0.15) is 25.0 Å². The van der Waals surface area contributed by atoms with Crippen molar-refractivity contribution in [1.82, 2.24) is 24.0 Å². The molecule has 2 aromatic heterocycles. The van der Waals surface area contributed by atoms with E-state index in [4.69, 9.17) is 0 Å². The molecule has 3 rings (SSSR count). The fraction of sp³-hybridized carbons (Fsp3) is 0.450. The Labute approximate surface area is 163 Å². The van der Waals surface area contributed by atoms with Crippen molar-refractivity contribution in [3.05, 3.63) is 56.2 Å². The molecule has 0 aliphatic carbocycles. The minimum Gasteiger partial charge on any atom is -0.354 e. The normalized spacial score (nSPS) is 11.5. The van der Waals surface area contributed by atoms with Crippen LogP contribution in [-0.2, 0) is 13.6 Å². The number of rotatable bonds is 8. The van der Waals surface area contributed by atoms with Gasteiger partial charge in [0.05, 0.1) is 6.54 Å². The minimum atomic E-state index is -0.465. The molecule has 8 heteroatoms. The lowest BCUT2D eigenvalue weighted by atomic mass is 10.1. The second kappa shape index (κ2) is 8.43. The molecule has 0 unspecified atom stereocenters. The molecule has 0 saturated heterocycles. The highest BCUT2D eigenvalue weighted by atomic mass is 16.2. The van der Waals surface area contributed by atoms with Crippen molar-refractivity contribution in [3.8, 4) is 0 Å². The Hall–Kier alpha value is -2.87. The number of hydrogen-bond acceptors (Lipinski definition) is 5. The number of H-pyrrole nitrogens is 1. The van der Waals surface area contributed by atoms with Crippen LogP contribution in [0.2, 0.25) is 0 Å². The van der Waals surface area contributed by atoms with Crippen LogP contribution in [0.5, 0.6) is 0 Å². The van der Waals surface area contributed by atoms with Gasteiger partial charge in [0, 0.05) is 20.1 Å².